The monoisotopic (exact) mass is 250 g/mol. The van der Waals surface area contributed by atoms with Crippen molar-refractivity contribution in [2.24, 2.45) is 4.99 Å². The molecule has 0 unspecified atom stereocenters. The Kier molecular flexibility index (Phi) is 3.11. The molecule has 0 radical (unpaired) electrons. The highest BCUT2D eigenvalue weighted by Crippen LogP contribution is 2.22. The third kappa shape index (κ3) is 2.55. The lowest BCUT2D eigenvalue weighted by Crippen LogP contribution is -2.27. The summed E-state index contributed by atoms with van der Waals surface area (Å²) in [5.41, 5.74) is 3.23. The smallest absolute Gasteiger partial charge is 0.265 e. The van der Waals surface area contributed by atoms with Gasteiger partial charge in [-0.1, -0.05) is 48.5 Å². The second-order valence-electron chi connectivity index (χ2n) is 4.55. The first-order valence-corrected chi connectivity index (χ1v) is 6.28. The van der Waals surface area contributed by atoms with Gasteiger partial charge in [-0.25, -0.2) is 4.99 Å². The number of carbonyl (C=O) groups is 1. The number of para-hydroxylation sites is 1. The second-order valence-corrected chi connectivity index (χ2v) is 4.55. The maximum absolute atomic E-state index is 11.7. The van der Waals surface area contributed by atoms with Gasteiger partial charge in [-0.05, 0) is 11.6 Å². The number of carbonyl (C=O) groups excluding carboxylic acids is 1. The average molecular weight is 250 g/mol. The summed E-state index contributed by atoms with van der Waals surface area (Å²) in [6, 6.07) is 18.1. The first kappa shape index (κ1) is 11.7. The fraction of sp³-hybridized carbons (Fsp3) is 0.125. The SMILES string of the molecule is O=C1CN(Cc2ccccc2)c2ccccc2C=N1. The van der Waals surface area contributed by atoms with Crippen molar-refractivity contribution in [2.75, 3.05) is 11.4 Å². The lowest BCUT2D eigenvalue weighted by atomic mass is 10.1. The van der Waals surface area contributed by atoms with Gasteiger partial charge in [0, 0.05) is 24.0 Å². The highest BCUT2D eigenvalue weighted by molar-refractivity contribution is 6.00. The lowest BCUT2D eigenvalue weighted by Gasteiger charge is -2.23. The highest BCUT2D eigenvalue weighted by atomic mass is 16.1. The number of benzene rings is 2. The highest BCUT2D eigenvalue weighted by Gasteiger charge is 2.17. The quantitative estimate of drug-likeness (QED) is 0.820. The van der Waals surface area contributed by atoms with E-state index in [4.69, 9.17) is 0 Å². The predicted molar refractivity (Wildman–Crippen MR) is 76.5 cm³/mol. The van der Waals surface area contributed by atoms with E-state index in [2.05, 4.69) is 22.0 Å². The molecule has 0 atom stereocenters. The van der Waals surface area contributed by atoms with Gasteiger partial charge in [0.25, 0.3) is 5.91 Å². The normalized spacial score (nSPS) is 14.1. The minimum atomic E-state index is -0.105. The summed E-state index contributed by atoms with van der Waals surface area (Å²) in [5, 5.41) is 0. The maximum atomic E-state index is 11.7. The van der Waals surface area contributed by atoms with Crippen molar-refractivity contribution in [1.29, 1.82) is 0 Å². The Morgan fingerprint density at radius 3 is 2.58 bits per heavy atom. The summed E-state index contributed by atoms with van der Waals surface area (Å²) in [4.78, 5) is 17.7. The molecule has 1 amide bonds. The Balaban J connectivity index is 1.95. The molecule has 0 spiro atoms. The lowest BCUT2D eigenvalue weighted by molar-refractivity contribution is -0.116. The molecule has 19 heavy (non-hydrogen) atoms. The molecule has 3 rings (SSSR count). The van der Waals surface area contributed by atoms with Crippen molar-refractivity contribution >= 4 is 17.8 Å². The van der Waals surface area contributed by atoms with E-state index in [-0.39, 0.29) is 5.91 Å². The van der Waals surface area contributed by atoms with E-state index >= 15 is 0 Å². The number of benzodiazepines with no additional fused rings is 1. The third-order valence-corrected chi connectivity index (χ3v) is 3.17. The van der Waals surface area contributed by atoms with Gasteiger partial charge in [-0.2, -0.15) is 0 Å². The van der Waals surface area contributed by atoms with Crippen LogP contribution in [0.4, 0.5) is 5.69 Å². The van der Waals surface area contributed by atoms with E-state index in [1.807, 2.05) is 42.5 Å². The molecule has 1 aliphatic rings. The third-order valence-electron chi connectivity index (χ3n) is 3.17. The van der Waals surface area contributed by atoms with Gasteiger partial charge in [0.2, 0.25) is 0 Å². The summed E-state index contributed by atoms with van der Waals surface area (Å²) >= 11 is 0. The minimum Gasteiger partial charge on any atom is -0.357 e. The number of hydrogen-bond acceptors (Lipinski definition) is 2. The fourth-order valence-electron chi connectivity index (χ4n) is 2.26. The molecule has 0 fully saturated rings. The van der Waals surface area contributed by atoms with Crippen LogP contribution < -0.4 is 4.90 Å². The van der Waals surface area contributed by atoms with Gasteiger partial charge >= 0.3 is 0 Å². The molecule has 2 aromatic carbocycles. The van der Waals surface area contributed by atoms with Gasteiger partial charge in [0.15, 0.2) is 0 Å². The average Bonchev–Trinajstić information content (AvgIpc) is 2.60. The molecule has 1 aliphatic heterocycles. The minimum absolute atomic E-state index is 0.105. The Hall–Kier alpha value is -2.42. The van der Waals surface area contributed by atoms with E-state index in [0.29, 0.717) is 13.1 Å². The van der Waals surface area contributed by atoms with Gasteiger partial charge in [0.05, 0.1) is 6.54 Å². The molecule has 0 aromatic heterocycles. The zero-order valence-corrected chi connectivity index (χ0v) is 10.5. The van der Waals surface area contributed by atoms with Crippen LogP contribution in [-0.2, 0) is 11.3 Å². The molecule has 1 heterocycles. The van der Waals surface area contributed by atoms with Crippen LogP contribution in [0.2, 0.25) is 0 Å². The maximum Gasteiger partial charge on any atom is 0.265 e. The summed E-state index contributed by atoms with van der Waals surface area (Å²) in [7, 11) is 0. The summed E-state index contributed by atoms with van der Waals surface area (Å²) in [6.07, 6.45) is 1.66. The van der Waals surface area contributed by atoms with E-state index in [1.54, 1.807) is 6.21 Å². The molecule has 3 heteroatoms. The van der Waals surface area contributed by atoms with Crippen LogP contribution in [0.3, 0.4) is 0 Å². The Labute approximate surface area is 112 Å². The zero-order valence-electron chi connectivity index (χ0n) is 10.5. The number of hydrogen-bond donors (Lipinski definition) is 0. The van der Waals surface area contributed by atoms with Crippen LogP contribution in [0, 0.1) is 0 Å². The number of rotatable bonds is 2. The van der Waals surface area contributed by atoms with Gasteiger partial charge in [-0.3, -0.25) is 4.79 Å². The fourth-order valence-corrected chi connectivity index (χ4v) is 2.26. The van der Waals surface area contributed by atoms with Crippen molar-refractivity contribution < 1.29 is 4.79 Å². The molecule has 0 saturated heterocycles. The number of fused-ring (bicyclic) bond motifs is 1. The van der Waals surface area contributed by atoms with Gasteiger partial charge < -0.3 is 4.90 Å². The van der Waals surface area contributed by atoms with Crippen molar-refractivity contribution in [3.8, 4) is 0 Å². The summed E-state index contributed by atoms with van der Waals surface area (Å²) in [6.45, 7) is 1.04. The number of amides is 1. The van der Waals surface area contributed by atoms with Gasteiger partial charge in [0.1, 0.15) is 0 Å². The van der Waals surface area contributed by atoms with Crippen LogP contribution in [0.5, 0.6) is 0 Å². The topological polar surface area (TPSA) is 32.7 Å². The van der Waals surface area contributed by atoms with Crippen molar-refractivity contribution in [3.05, 3.63) is 65.7 Å². The predicted octanol–water partition coefficient (Wildman–Crippen LogP) is 2.65. The van der Waals surface area contributed by atoms with Crippen LogP contribution in [-0.4, -0.2) is 18.7 Å². The van der Waals surface area contributed by atoms with E-state index in [0.717, 1.165) is 11.3 Å². The molecule has 0 bridgehead atoms. The van der Waals surface area contributed by atoms with Crippen molar-refractivity contribution in [2.45, 2.75) is 6.54 Å². The second kappa shape index (κ2) is 5.06. The molecule has 94 valence electrons. The Morgan fingerprint density at radius 2 is 1.74 bits per heavy atom. The van der Waals surface area contributed by atoms with Crippen LogP contribution in [0.25, 0.3) is 0 Å². The molecule has 0 aliphatic carbocycles. The van der Waals surface area contributed by atoms with Crippen molar-refractivity contribution in [3.63, 3.8) is 0 Å². The summed E-state index contributed by atoms with van der Waals surface area (Å²) < 4.78 is 0. The molecular formula is C16H14N2O. The molecular weight excluding hydrogens is 236 g/mol. The first-order valence-electron chi connectivity index (χ1n) is 6.28. The number of aliphatic imine (C=N–C) groups is 1. The van der Waals surface area contributed by atoms with Crippen LogP contribution in [0.1, 0.15) is 11.1 Å². The van der Waals surface area contributed by atoms with Crippen LogP contribution >= 0.6 is 0 Å². The first-order chi connectivity index (χ1) is 9.33. The van der Waals surface area contributed by atoms with E-state index in [1.165, 1.54) is 5.56 Å². The molecule has 0 saturated carbocycles. The van der Waals surface area contributed by atoms with E-state index < -0.39 is 0 Å². The zero-order chi connectivity index (χ0) is 13.1. The number of nitrogens with zero attached hydrogens (tertiary/aromatic N) is 2. The standard InChI is InChI=1S/C16H14N2O/c19-16-12-18(11-13-6-2-1-3-7-13)15-9-5-4-8-14(15)10-17-16/h1-10H,11-12H2. The van der Waals surface area contributed by atoms with Crippen molar-refractivity contribution in [1.82, 2.24) is 0 Å². The Bertz CT molecular complexity index is 620. The largest absolute Gasteiger partial charge is 0.357 e. The summed E-state index contributed by atoms with van der Waals surface area (Å²) in [5.74, 6) is -0.105. The number of anilines is 1. The molecule has 3 nitrogen and oxygen atoms in total. The molecule has 0 N–H and O–H groups in total. The van der Waals surface area contributed by atoms with Crippen LogP contribution in [0.15, 0.2) is 59.6 Å². The van der Waals surface area contributed by atoms with E-state index in [9.17, 15) is 4.79 Å². The molecule has 2 aromatic rings. The Morgan fingerprint density at radius 1 is 1.00 bits per heavy atom. The van der Waals surface area contributed by atoms with Gasteiger partial charge in [-0.15, -0.1) is 0 Å².